The average Bonchev–Trinajstić information content (AvgIpc) is 2.43. The lowest BCUT2D eigenvalue weighted by Gasteiger charge is -2.18. The van der Waals surface area contributed by atoms with Gasteiger partial charge in [-0.2, -0.15) is 13.2 Å². The zero-order valence-corrected chi connectivity index (χ0v) is 11.1. The fourth-order valence-corrected chi connectivity index (χ4v) is 1.60. The summed E-state index contributed by atoms with van der Waals surface area (Å²) < 4.78 is 42.7. The fourth-order valence-electron chi connectivity index (χ4n) is 1.60. The number of benzene rings is 1. The van der Waals surface area contributed by atoms with E-state index in [0.29, 0.717) is 0 Å². The molecule has 0 spiro atoms. The lowest BCUT2D eigenvalue weighted by molar-refractivity contribution is -0.137. The summed E-state index contributed by atoms with van der Waals surface area (Å²) in [5, 5.41) is 5.64. The van der Waals surface area contributed by atoms with Crippen molar-refractivity contribution in [2.75, 3.05) is 13.2 Å². The summed E-state index contributed by atoms with van der Waals surface area (Å²) in [6, 6.07) is 3.53. The first-order valence-electron chi connectivity index (χ1n) is 5.99. The molecule has 1 atom stereocenters. The average molecular weight is 302 g/mol. The van der Waals surface area contributed by atoms with Gasteiger partial charge >= 0.3 is 12.3 Å². The maximum atomic E-state index is 12.7. The van der Waals surface area contributed by atoms with E-state index >= 15 is 0 Å². The molecule has 0 radical (unpaired) electrons. The van der Waals surface area contributed by atoms with Gasteiger partial charge in [-0.3, -0.25) is 0 Å². The van der Waals surface area contributed by atoms with Crippen molar-refractivity contribution in [3.8, 4) is 0 Å². The highest BCUT2D eigenvalue weighted by molar-refractivity contribution is 5.67. The van der Waals surface area contributed by atoms with Crippen LogP contribution in [0.25, 0.3) is 10.4 Å². The van der Waals surface area contributed by atoms with Crippen LogP contribution in [0.1, 0.15) is 24.1 Å². The molecule has 21 heavy (non-hydrogen) atoms. The van der Waals surface area contributed by atoms with Crippen LogP contribution in [0.5, 0.6) is 0 Å². The van der Waals surface area contributed by atoms with E-state index in [1.807, 2.05) is 0 Å². The molecule has 1 aromatic carbocycles. The second kappa shape index (κ2) is 7.39. The van der Waals surface area contributed by atoms with Gasteiger partial charge in [0.1, 0.15) is 0 Å². The zero-order chi connectivity index (χ0) is 15.9. The highest BCUT2D eigenvalue weighted by atomic mass is 19.4. The third kappa shape index (κ3) is 5.23. The van der Waals surface area contributed by atoms with Crippen LogP contribution >= 0.6 is 0 Å². The first-order chi connectivity index (χ1) is 9.88. The van der Waals surface area contributed by atoms with Crippen LogP contribution in [0.3, 0.4) is 0 Å². The molecule has 1 amide bonds. The number of alkyl carbamates (subject to hydrolysis) is 1. The molecule has 9 heteroatoms. The van der Waals surface area contributed by atoms with Gasteiger partial charge in [0.05, 0.1) is 24.8 Å². The topological polar surface area (TPSA) is 87.1 Å². The largest absolute Gasteiger partial charge is 0.450 e. The maximum absolute atomic E-state index is 12.7. The Hall–Kier alpha value is -2.41. The zero-order valence-electron chi connectivity index (χ0n) is 11.1. The quantitative estimate of drug-likeness (QED) is 0.509. The molecule has 0 fully saturated rings. The summed E-state index contributed by atoms with van der Waals surface area (Å²) in [5.41, 5.74) is 7.64. The van der Waals surface area contributed by atoms with Crippen LogP contribution in [-0.2, 0) is 10.9 Å². The molecule has 1 N–H and O–H groups in total. The number of azide groups is 1. The monoisotopic (exact) mass is 302 g/mol. The highest BCUT2D eigenvalue weighted by Gasteiger charge is 2.31. The number of carbonyl (C=O) groups is 1. The number of carbonyl (C=O) groups excluding carboxylic acids is 1. The molecule has 1 rings (SSSR count). The molecule has 114 valence electrons. The summed E-state index contributed by atoms with van der Waals surface area (Å²) >= 11 is 0. The summed E-state index contributed by atoms with van der Waals surface area (Å²) in [5.74, 6) is 0. The van der Waals surface area contributed by atoms with Gasteiger partial charge in [-0.25, -0.2) is 4.79 Å². The molecule has 1 aromatic rings. The minimum Gasteiger partial charge on any atom is -0.450 e. The molecular weight excluding hydrogens is 289 g/mol. The molecule has 6 nitrogen and oxygen atoms in total. The Morgan fingerprint density at radius 2 is 2.24 bits per heavy atom. The minimum atomic E-state index is -4.50. The number of nitrogens with one attached hydrogen (secondary N) is 1. The number of halogens is 3. The fraction of sp³-hybridized carbons (Fsp3) is 0.417. The van der Waals surface area contributed by atoms with Crippen LogP contribution in [0.2, 0.25) is 0 Å². The van der Waals surface area contributed by atoms with E-state index in [-0.39, 0.29) is 18.7 Å². The van der Waals surface area contributed by atoms with Gasteiger partial charge in [0.25, 0.3) is 0 Å². The first kappa shape index (κ1) is 16.6. The van der Waals surface area contributed by atoms with E-state index in [2.05, 4.69) is 20.1 Å². The molecule has 0 aromatic heterocycles. The lowest BCUT2D eigenvalue weighted by Crippen LogP contribution is -2.31. The second-order valence-electron chi connectivity index (χ2n) is 3.95. The van der Waals surface area contributed by atoms with Crippen molar-refractivity contribution in [1.29, 1.82) is 0 Å². The molecule has 0 aliphatic rings. The third-order valence-corrected chi connectivity index (χ3v) is 2.51. The Kier molecular flexibility index (Phi) is 5.86. The normalized spacial score (nSPS) is 12.2. The van der Waals surface area contributed by atoms with E-state index in [1.54, 1.807) is 6.92 Å². The molecule has 0 bridgehead atoms. The Balaban J connectivity index is 3.02. The molecule has 0 saturated heterocycles. The van der Waals surface area contributed by atoms with Crippen molar-refractivity contribution in [1.82, 2.24) is 5.32 Å². The minimum absolute atomic E-state index is 0.114. The summed E-state index contributed by atoms with van der Waals surface area (Å²) in [6.45, 7) is 1.48. The van der Waals surface area contributed by atoms with Gasteiger partial charge in [0, 0.05) is 4.91 Å². The predicted octanol–water partition coefficient (Wildman–Crippen LogP) is 3.80. The molecule has 0 heterocycles. The predicted molar refractivity (Wildman–Crippen MR) is 68.4 cm³/mol. The number of hydrogen-bond donors (Lipinski definition) is 1. The van der Waals surface area contributed by atoms with Gasteiger partial charge in [-0.1, -0.05) is 17.2 Å². The summed E-state index contributed by atoms with van der Waals surface area (Å²) in [6.07, 6.45) is -5.30. The number of alkyl halides is 3. The Bertz CT molecular complexity index is 542. The van der Waals surface area contributed by atoms with Crippen LogP contribution < -0.4 is 5.32 Å². The van der Waals surface area contributed by atoms with Gasteiger partial charge in [-0.05, 0) is 30.2 Å². The Labute approximate surface area is 118 Å². The smallest absolute Gasteiger partial charge is 0.416 e. The first-order valence-corrected chi connectivity index (χ1v) is 5.99. The van der Waals surface area contributed by atoms with E-state index in [0.717, 1.165) is 12.1 Å². The van der Waals surface area contributed by atoms with Gasteiger partial charge < -0.3 is 10.1 Å². The summed E-state index contributed by atoms with van der Waals surface area (Å²) in [7, 11) is 0. The number of amides is 1. The lowest BCUT2D eigenvalue weighted by atomic mass is 10.0. The number of rotatable bonds is 5. The van der Waals surface area contributed by atoms with E-state index in [4.69, 9.17) is 5.53 Å². The molecule has 1 unspecified atom stereocenters. The van der Waals surface area contributed by atoms with Crippen molar-refractivity contribution in [3.05, 3.63) is 45.8 Å². The molecular formula is C12H13F3N4O2. The number of ether oxygens (including phenoxy) is 1. The SMILES string of the molecule is CCOC(=O)NC(CN=[N+]=[N-])c1cccc(C(F)(F)F)c1. The second-order valence-corrected chi connectivity index (χ2v) is 3.95. The number of nitrogens with zero attached hydrogens (tertiary/aromatic N) is 3. The van der Waals surface area contributed by atoms with Crippen molar-refractivity contribution >= 4 is 6.09 Å². The van der Waals surface area contributed by atoms with Crippen LogP contribution in [0.4, 0.5) is 18.0 Å². The molecule has 0 aliphatic carbocycles. The van der Waals surface area contributed by atoms with Crippen molar-refractivity contribution in [2.24, 2.45) is 5.11 Å². The Morgan fingerprint density at radius 1 is 1.52 bits per heavy atom. The van der Waals surface area contributed by atoms with Crippen LogP contribution in [-0.4, -0.2) is 19.2 Å². The molecule has 0 saturated carbocycles. The summed E-state index contributed by atoms with van der Waals surface area (Å²) in [4.78, 5) is 13.9. The van der Waals surface area contributed by atoms with Crippen molar-refractivity contribution in [2.45, 2.75) is 19.1 Å². The van der Waals surface area contributed by atoms with Gasteiger partial charge in [-0.15, -0.1) is 0 Å². The highest BCUT2D eigenvalue weighted by Crippen LogP contribution is 2.30. The van der Waals surface area contributed by atoms with Crippen molar-refractivity contribution in [3.63, 3.8) is 0 Å². The van der Waals surface area contributed by atoms with Gasteiger partial charge in [0.2, 0.25) is 0 Å². The van der Waals surface area contributed by atoms with E-state index in [9.17, 15) is 18.0 Å². The van der Waals surface area contributed by atoms with Crippen LogP contribution in [0, 0.1) is 0 Å². The standard InChI is InChI=1S/C12H13F3N4O2/c1-2-21-11(20)18-10(7-17-19-16)8-4-3-5-9(6-8)12(13,14)15/h3-6,10H,2,7H2,1H3,(H,18,20). The van der Waals surface area contributed by atoms with Crippen LogP contribution in [0.15, 0.2) is 29.4 Å². The number of hydrogen-bond acceptors (Lipinski definition) is 3. The third-order valence-electron chi connectivity index (χ3n) is 2.51. The van der Waals surface area contributed by atoms with E-state index < -0.39 is 23.9 Å². The van der Waals surface area contributed by atoms with Gasteiger partial charge in [0.15, 0.2) is 0 Å². The van der Waals surface area contributed by atoms with Crippen molar-refractivity contribution < 1.29 is 22.7 Å². The molecule has 0 aliphatic heterocycles. The maximum Gasteiger partial charge on any atom is 0.416 e. The van der Waals surface area contributed by atoms with E-state index in [1.165, 1.54) is 12.1 Å². The Morgan fingerprint density at radius 3 is 2.81 bits per heavy atom.